The van der Waals surface area contributed by atoms with Gasteiger partial charge in [0.2, 0.25) is 0 Å². The maximum atomic E-state index is 11.1. The van der Waals surface area contributed by atoms with Crippen LogP contribution in [-0.2, 0) is 16.1 Å². The van der Waals surface area contributed by atoms with Crippen LogP contribution in [0.5, 0.6) is 0 Å². The molecule has 0 saturated carbocycles. The SMILES string of the molecule is CC(C)OC(=O)CNCc1ccncc1. The summed E-state index contributed by atoms with van der Waals surface area (Å²) in [5.41, 5.74) is 1.10. The van der Waals surface area contributed by atoms with Crippen molar-refractivity contribution in [1.82, 2.24) is 10.3 Å². The van der Waals surface area contributed by atoms with Crippen molar-refractivity contribution >= 4 is 5.97 Å². The van der Waals surface area contributed by atoms with Gasteiger partial charge in [0.25, 0.3) is 0 Å². The molecule has 15 heavy (non-hydrogen) atoms. The summed E-state index contributed by atoms with van der Waals surface area (Å²) >= 11 is 0. The molecule has 0 aliphatic rings. The van der Waals surface area contributed by atoms with Gasteiger partial charge in [-0.05, 0) is 31.5 Å². The minimum atomic E-state index is -0.223. The van der Waals surface area contributed by atoms with E-state index in [1.165, 1.54) is 0 Å². The lowest BCUT2D eigenvalue weighted by atomic mass is 10.3. The van der Waals surface area contributed by atoms with Crippen molar-refractivity contribution in [1.29, 1.82) is 0 Å². The molecule has 0 spiro atoms. The predicted molar refractivity (Wildman–Crippen MR) is 57.2 cm³/mol. The number of nitrogens with one attached hydrogen (secondary N) is 1. The van der Waals surface area contributed by atoms with Crippen LogP contribution >= 0.6 is 0 Å². The molecular formula is C11H16N2O2. The van der Waals surface area contributed by atoms with Gasteiger partial charge in [-0.15, -0.1) is 0 Å². The molecular weight excluding hydrogens is 192 g/mol. The van der Waals surface area contributed by atoms with Gasteiger partial charge in [0.15, 0.2) is 0 Å². The number of aromatic nitrogens is 1. The van der Waals surface area contributed by atoms with Gasteiger partial charge in [0.05, 0.1) is 12.6 Å². The summed E-state index contributed by atoms with van der Waals surface area (Å²) in [5, 5.41) is 3.00. The third-order valence-electron chi connectivity index (χ3n) is 1.71. The summed E-state index contributed by atoms with van der Waals surface area (Å²) in [6, 6.07) is 3.81. The Morgan fingerprint density at radius 3 is 2.73 bits per heavy atom. The molecule has 82 valence electrons. The van der Waals surface area contributed by atoms with E-state index in [0.717, 1.165) is 5.56 Å². The van der Waals surface area contributed by atoms with E-state index in [1.807, 2.05) is 26.0 Å². The third kappa shape index (κ3) is 5.12. The number of hydrogen-bond acceptors (Lipinski definition) is 4. The minimum Gasteiger partial charge on any atom is -0.462 e. The van der Waals surface area contributed by atoms with E-state index in [1.54, 1.807) is 12.4 Å². The highest BCUT2D eigenvalue weighted by atomic mass is 16.5. The van der Waals surface area contributed by atoms with Crippen molar-refractivity contribution in [3.05, 3.63) is 30.1 Å². The van der Waals surface area contributed by atoms with Gasteiger partial charge >= 0.3 is 5.97 Å². The second-order valence-electron chi connectivity index (χ2n) is 3.50. The second-order valence-corrected chi connectivity index (χ2v) is 3.50. The number of carbonyl (C=O) groups excluding carboxylic acids is 1. The smallest absolute Gasteiger partial charge is 0.320 e. The lowest BCUT2D eigenvalue weighted by molar-refractivity contribution is -0.146. The van der Waals surface area contributed by atoms with Crippen LogP contribution in [0.4, 0.5) is 0 Å². The maximum Gasteiger partial charge on any atom is 0.320 e. The molecule has 0 aromatic carbocycles. The van der Waals surface area contributed by atoms with E-state index in [0.29, 0.717) is 6.54 Å². The van der Waals surface area contributed by atoms with Crippen LogP contribution in [0.3, 0.4) is 0 Å². The zero-order chi connectivity index (χ0) is 11.1. The first-order chi connectivity index (χ1) is 7.18. The molecule has 0 unspecified atom stereocenters. The molecule has 0 atom stereocenters. The van der Waals surface area contributed by atoms with Gasteiger partial charge in [-0.2, -0.15) is 0 Å². The largest absolute Gasteiger partial charge is 0.462 e. The number of pyridine rings is 1. The van der Waals surface area contributed by atoms with Gasteiger partial charge in [0, 0.05) is 18.9 Å². The van der Waals surface area contributed by atoms with Crippen molar-refractivity contribution in [2.45, 2.75) is 26.5 Å². The summed E-state index contributed by atoms with van der Waals surface area (Å²) in [4.78, 5) is 15.1. The van der Waals surface area contributed by atoms with E-state index in [2.05, 4.69) is 10.3 Å². The topological polar surface area (TPSA) is 51.2 Å². The number of ether oxygens (including phenoxy) is 1. The quantitative estimate of drug-likeness (QED) is 0.737. The van der Waals surface area contributed by atoms with Gasteiger partial charge < -0.3 is 10.1 Å². The van der Waals surface area contributed by atoms with E-state index >= 15 is 0 Å². The highest BCUT2D eigenvalue weighted by Gasteiger charge is 2.03. The first kappa shape index (κ1) is 11.7. The van der Waals surface area contributed by atoms with Crippen molar-refractivity contribution < 1.29 is 9.53 Å². The van der Waals surface area contributed by atoms with Crippen molar-refractivity contribution in [3.63, 3.8) is 0 Å². The molecule has 0 saturated heterocycles. The van der Waals surface area contributed by atoms with Gasteiger partial charge in [-0.1, -0.05) is 0 Å². The highest BCUT2D eigenvalue weighted by molar-refractivity contribution is 5.71. The van der Waals surface area contributed by atoms with Gasteiger partial charge in [-0.25, -0.2) is 0 Å². The molecule has 0 aliphatic heterocycles. The fourth-order valence-electron chi connectivity index (χ4n) is 1.11. The average molecular weight is 208 g/mol. The lowest BCUT2D eigenvalue weighted by Gasteiger charge is -2.08. The summed E-state index contributed by atoms with van der Waals surface area (Å²) in [6.07, 6.45) is 3.40. The minimum absolute atomic E-state index is 0.0553. The highest BCUT2D eigenvalue weighted by Crippen LogP contribution is 1.94. The molecule has 1 aromatic rings. The lowest BCUT2D eigenvalue weighted by Crippen LogP contribution is -2.26. The number of rotatable bonds is 5. The Bertz CT molecular complexity index is 299. The molecule has 0 fully saturated rings. The molecule has 4 nitrogen and oxygen atoms in total. The van der Waals surface area contributed by atoms with Crippen LogP contribution in [-0.4, -0.2) is 23.6 Å². The predicted octanol–water partition coefficient (Wildman–Crippen LogP) is 1.12. The Balaban J connectivity index is 2.19. The van der Waals surface area contributed by atoms with Gasteiger partial charge in [0.1, 0.15) is 0 Å². The number of hydrogen-bond donors (Lipinski definition) is 1. The zero-order valence-corrected chi connectivity index (χ0v) is 9.06. The average Bonchev–Trinajstić information content (AvgIpc) is 2.18. The number of nitrogens with zero attached hydrogens (tertiary/aromatic N) is 1. The first-order valence-electron chi connectivity index (χ1n) is 4.97. The van der Waals surface area contributed by atoms with Crippen LogP contribution < -0.4 is 5.32 Å². The van der Waals surface area contributed by atoms with Crippen LogP contribution in [0.1, 0.15) is 19.4 Å². The Labute approximate surface area is 89.7 Å². The monoisotopic (exact) mass is 208 g/mol. The Kier molecular flexibility index (Phi) is 4.77. The Morgan fingerprint density at radius 2 is 2.13 bits per heavy atom. The Morgan fingerprint density at radius 1 is 1.47 bits per heavy atom. The standard InChI is InChI=1S/C11H16N2O2/c1-9(2)15-11(14)8-13-7-10-3-5-12-6-4-10/h3-6,9,13H,7-8H2,1-2H3. The van der Waals surface area contributed by atoms with Crippen LogP contribution in [0.2, 0.25) is 0 Å². The van der Waals surface area contributed by atoms with E-state index in [4.69, 9.17) is 4.74 Å². The fourth-order valence-corrected chi connectivity index (χ4v) is 1.11. The molecule has 1 rings (SSSR count). The zero-order valence-electron chi connectivity index (χ0n) is 9.06. The fraction of sp³-hybridized carbons (Fsp3) is 0.455. The van der Waals surface area contributed by atoms with Crippen molar-refractivity contribution in [2.75, 3.05) is 6.54 Å². The number of esters is 1. The van der Waals surface area contributed by atoms with E-state index in [9.17, 15) is 4.79 Å². The summed E-state index contributed by atoms with van der Waals surface area (Å²) in [6.45, 7) is 4.55. The molecule has 0 radical (unpaired) electrons. The molecule has 1 aromatic heterocycles. The Hall–Kier alpha value is -1.42. The van der Waals surface area contributed by atoms with Crippen molar-refractivity contribution in [3.8, 4) is 0 Å². The molecule has 0 aliphatic carbocycles. The molecule has 1 N–H and O–H groups in total. The summed E-state index contributed by atoms with van der Waals surface area (Å²) in [5.74, 6) is -0.223. The number of carbonyl (C=O) groups is 1. The third-order valence-corrected chi connectivity index (χ3v) is 1.71. The summed E-state index contributed by atoms with van der Waals surface area (Å²) < 4.78 is 4.97. The van der Waals surface area contributed by atoms with Gasteiger partial charge in [-0.3, -0.25) is 9.78 Å². The summed E-state index contributed by atoms with van der Waals surface area (Å²) in [7, 11) is 0. The van der Waals surface area contributed by atoms with E-state index in [-0.39, 0.29) is 18.6 Å². The molecule has 0 bridgehead atoms. The van der Waals surface area contributed by atoms with Crippen LogP contribution in [0, 0.1) is 0 Å². The second kappa shape index (κ2) is 6.14. The van der Waals surface area contributed by atoms with E-state index < -0.39 is 0 Å². The molecule has 1 heterocycles. The van der Waals surface area contributed by atoms with Crippen LogP contribution in [0.25, 0.3) is 0 Å². The van der Waals surface area contributed by atoms with Crippen molar-refractivity contribution in [2.24, 2.45) is 0 Å². The normalized spacial score (nSPS) is 10.3. The molecule has 0 amide bonds. The maximum absolute atomic E-state index is 11.1. The first-order valence-corrected chi connectivity index (χ1v) is 4.97. The molecule has 4 heteroatoms. The van der Waals surface area contributed by atoms with Crippen LogP contribution in [0.15, 0.2) is 24.5 Å².